The van der Waals surface area contributed by atoms with Crippen LogP contribution in [-0.2, 0) is 3.08 Å². The summed E-state index contributed by atoms with van der Waals surface area (Å²) in [5.74, 6) is 0. The fourth-order valence-electron chi connectivity index (χ4n) is 0.854. The van der Waals surface area contributed by atoms with E-state index >= 15 is 0 Å². The van der Waals surface area contributed by atoms with Crippen molar-refractivity contribution < 1.29 is 3.08 Å². The topological polar surface area (TPSA) is 17.1 Å². The van der Waals surface area contributed by atoms with Gasteiger partial charge in [-0.1, -0.05) is 52.4 Å². The van der Waals surface area contributed by atoms with Gasteiger partial charge in [0.25, 0.3) is 0 Å². The Morgan fingerprint density at radius 1 is 0.818 bits per heavy atom. The molecule has 0 aromatic carbocycles. The van der Waals surface area contributed by atoms with Gasteiger partial charge in [0.05, 0.1) is 0 Å². The molecule has 0 spiro atoms. The van der Waals surface area contributed by atoms with Crippen LogP contribution >= 0.6 is 12.4 Å². The van der Waals surface area contributed by atoms with Crippen LogP contribution in [0.2, 0.25) is 0 Å². The summed E-state index contributed by atoms with van der Waals surface area (Å²) in [6.45, 7) is 4.51. The van der Waals surface area contributed by atoms with E-state index in [1.54, 1.807) is 0 Å². The van der Waals surface area contributed by atoms with E-state index in [4.69, 9.17) is 3.08 Å². The second-order valence-electron chi connectivity index (χ2n) is 2.41. The first-order chi connectivity index (χ1) is 4.91. The SMILES string of the molecule is CCCCCCCC.Cl.[O]=[Sn]. The monoisotopic (exact) mass is 286 g/mol. The van der Waals surface area contributed by atoms with Crippen LogP contribution in [0.15, 0.2) is 0 Å². The van der Waals surface area contributed by atoms with Crippen molar-refractivity contribution in [1.82, 2.24) is 0 Å². The third-order valence-electron chi connectivity index (χ3n) is 1.46. The van der Waals surface area contributed by atoms with Gasteiger partial charge in [0.15, 0.2) is 0 Å². The predicted octanol–water partition coefficient (Wildman–Crippen LogP) is 3.29. The summed E-state index contributed by atoms with van der Waals surface area (Å²) in [4.78, 5) is 0. The normalized spacial score (nSPS) is 7.45. The summed E-state index contributed by atoms with van der Waals surface area (Å²) in [5.41, 5.74) is 0. The van der Waals surface area contributed by atoms with Crippen LogP contribution in [0.25, 0.3) is 0 Å². The summed E-state index contributed by atoms with van der Waals surface area (Å²) in [6, 6.07) is 0. The Morgan fingerprint density at radius 3 is 1.27 bits per heavy atom. The molecule has 3 heteroatoms. The maximum absolute atomic E-state index is 8.34. The maximum atomic E-state index is 8.34. The predicted molar refractivity (Wildman–Crippen MR) is 52.7 cm³/mol. The molecule has 0 heterocycles. The van der Waals surface area contributed by atoms with Crippen LogP contribution in [-0.4, -0.2) is 22.5 Å². The molecule has 0 aromatic heterocycles. The molecule has 11 heavy (non-hydrogen) atoms. The molecule has 0 fully saturated rings. The minimum absolute atomic E-state index is 0. The van der Waals surface area contributed by atoms with Crippen molar-refractivity contribution in [2.45, 2.75) is 52.4 Å². The van der Waals surface area contributed by atoms with Crippen LogP contribution in [0, 0.1) is 0 Å². The van der Waals surface area contributed by atoms with E-state index in [1.165, 1.54) is 38.5 Å². The zero-order valence-electron chi connectivity index (χ0n) is 7.56. The van der Waals surface area contributed by atoms with E-state index in [-0.39, 0.29) is 12.4 Å². The Balaban J connectivity index is -0.000000196. The molecule has 0 aliphatic heterocycles. The zero-order chi connectivity index (χ0) is 8.24. The van der Waals surface area contributed by atoms with Crippen LogP contribution in [0.4, 0.5) is 0 Å². The average molecular weight is 285 g/mol. The molecular formula is C8H19ClOSn. The number of hydrogen-bond donors (Lipinski definition) is 0. The average Bonchev–Trinajstić information content (AvgIpc) is 2.02. The van der Waals surface area contributed by atoms with Crippen molar-refractivity contribution in [3.05, 3.63) is 0 Å². The van der Waals surface area contributed by atoms with Crippen molar-refractivity contribution >= 4 is 34.9 Å². The number of hydrogen-bond acceptors (Lipinski definition) is 1. The number of unbranched alkanes of at least 4 members (excludes halogenated alkanes) is 5. The van der Waals surface area contributed by atoms with Crippen LogP contribution in [0.1, 0.15) is 52.4 Å². The summed E-state index contributed by atoms with van der Waals surface area (Å²) < 4.78 is 8.34. The minimum atomic E-state index is 0. The fraction of sp³-hybridized carbons (Fsp3) is 1.00. The van der Waals surface area contributed by atoms with Gasteiger partial charge in [0.2, 0.25) is 0 Å². The first-order valence-corrected chi connectivity index (χ1v) is 5.28. The van der Waals surface area contributed by atoms with Gasteiger partial charge in [-0.15, -0.1) is 12.4 Å². The van der Waals surface area contributed by atoms with Crippen molar-refractivity contribution in [3.63, 3.8) is 0 Å². The van der Waals surface area contributed by atoms with E-state index in [0.29, 0.717) is 22.5 Å². The van der Waals surface area contributed by atoms with Crippen molar-refractivity contribution in [2.75, 3.05) is 0 Å². The van der Waals surface area contributed by atoms with E-state index in [0.717, 1.165) is 0 Å². The van der Waals surface area contributed by atoms with E-state index in [9.17, 15) is 0 Å². The number of halogens is 1. The molecule has 0 saturated carbocycles. The van der Waals surface area contributed by atoms with Gasteiger partial charge in [-0.25, -0.2) is 0 Å². The van der Waals surface area contributed by atoms with Gasteiger partial charge >= 0.3 is 25.6 Å². The van der Waals surface area contributed by atoms with Gasteiger partial charge in [0.1, 0.15) is 0 Å². The molecule has 0 atom stereocenters. The Bertz CT molecular complexity index is 47.4. The molecule has 0 N–H and O–H groups in total. The molecular weight excluding hydrogens is 266 g/mol. The molecule has 0 bridgehead atoms. The standard InChI is InChI=1S/C8H18.ClH.O.Sn/c1-3-5-7-8-6-4-2;;;/h3-8H2,1-2H3;1H;;. The van der Waals surface area contributed by atoms with Crippen molar-refractivity contribution in [2.24, 2.45) is 0 Å². The van der Waals surface area contributed by atoms with E-state index in [1.807, 2.05) is 0 Å². The summed E-state index contributed by atoms with van der Waals surface area (Å²) in [6.07, 6.45) is 8.49. The van der Waals surface area contributed by atoms with Crippen LogP contribution in [0.5, 0.6) is 0 Å². The van der Waals surface area contributed by atoms with Crippen molar-refractivity contribution in [3.8, 4) is 0 Å². The Hall–Kier alpha value is 0.889. The summed E-state index contributed by atoms with van der Waals surface area (Å²) in [7, 11) is 0. The van der Waals surface area contributed by atoms with Crippen LogP contribution < -0.4 is 0 Å². The summed E-state index contributed by atoms with van der Waals surface area (Å²) in [5, 5.41) is 0. The molecule has 0 unspecified atom stereocenters. The molecule has 0 aromatic rings. The Labute approximate surface area is 90.2 Å². The molecule has 1 nitrogen and oxygen atoms in total. The van der Waals surface area contributed by atoms with E-state index in [2.05, 4.69) is 13.8 Å². The molecule has 68 valence electrons. The van der Waals surface area contributed by atoms with Gasteiger partial charge in [0, 0.05) is 0 Å². The first kappa shape index (κ1) is 17.8. The van der Waals surface area contributed by atoms with Gasteiger partial charge < -0.3 is 0 Å². The second-order valence-corrected chi connectivity index (χ2v) is 2.41. The van der Waals surface area contributed by atoms with E-state index < -0.39 is 0 Å². The van der Waals surface area contributed by atoms with Crippen molar-refractivity contribution in [1.29, 1.82) is 0 Å². The number of rotatable bonds is 5. The van der Waals surface area contributed by atoms with Gasteiger partial charge in [-0.2, -0.15) is 0 Å². The molecule has 0 amide bonds. The molecule has 2 radical (unpaired) electrons. The first-order valence-electron chi connectivity index (χ1n) is 4.12. The van der Waals surface area contributed by atoms with Gasteiger partial charge in [-0.05, 0) is 0 Å². The fourth-order valence-corrected chi connectivity index (χ4v) is 0.854. The molecule has 0 aliphatic carbocycles. The van der Waals surface area contributed by atoms with Gasteiger partial charge in [-0.3, -0.25) is 0 Å². The third-order valence-corrected chi connectivity index (χ3v) is 1.46. The molecule has 0 rings (SSSR count). The van der Waals surface area contributed by atoms with Crippen LogP contribution in [0.3, 0.4) is 0 Å². The third kappa shape index (κ3) is 24.8. The zero-order valence-corrected chi connectivity index (χ0v) is 11.2. The molecule has 0 saturated heterocycles. The quantitative estimate of drug-likeness (QED) is 0.559. The second kappa shape index (κ2) is 22.4. The Kier molecular flexibility index (Phi) is 36.4. The molecule has 0 aliphatic rings. The summed E-state index contributed by atoms with van der Waals surface area (Å²) >= 11 is 0.300. The Morgan fingerprint density at radius 2 is 1.09 bits per heavy atom.